The zero-order valence-corrected chi connectivity index (χ0v) is 15.5. The number of aliphatic hydroxyl groups is 1. The van der Waals surface area contributed by atoms with Gasteiger partial charge in [-0.1, -0.05) is 58.0 Å². The fourth-order valence-electron chi connectivity index (χ4n) is 3.76. The number of hydrogen-bond acceptors (Lipinski definition) is 4. The van der Waals surface area contributed by atoms with Gasteiger partial charge in [-0.25, -0.2) is 0 Å². The van der Waals surface area contributed by atoms with E-state index in [9.17, 15) is 5.11 Å². The molecule has 1 fully saturated rings. The van der Waals surface area contributed by atoms with Crippen molar-refractivity contribution >= 4 is 0 Å². The number of aliphatic hydroxyl groups excluding tert-OH is 1. The van der Waals surface area contributed by atoms with Gasteiger partial charge in [0, 0.05) is 24.9 Å². The molecule has 7 atom stereocenters. The molecule has 1 aromatic carbocycles. The van der Waals surface area contributed by atoms with Gasteiger partial charge < -0.3 is 19.3 Å². The maximum Gasteiger partial charge on any atom is 0.162 e. The van der Waals surface area contributed by atoms with E-state index in [1.54, 1.807) is 7.11 Å². The molecule has 1 N–H and O–H groups in total. The summed E-state index contributed by atoms with van der Waals surface area (Å²) in [6.45, 7) is 8.88. The number of methoxy groups -OCH3 is 1. The first kappa shape index (κ1) is 19.4. The quantitative estimate of drug-likeness (QED) is 0.826. The van der Waals surface area contributed by atoms with Crippen LogP contribution >= 0.6 is 0 Å². The van der Waals surface area contributed by atoms with E-state index in [1.165, 1.54) is 0 Å². The van der Waals surface area contributed by atoms with Gasteiger partial charge in [0.1, 0.15) is 0 Å². The van der Waals surface area contributed by atoms with Crippen molar-refractivity contribution in [3.05, 3.63) is 35.9 Å². The first-order valence-electron chi connectivity index (χ1n) is 9.01. The molecule has 4 nitrogen and oxygen atoms in total. The highest BCUT2D eigenvalue weighted by molar-refractivity contribution is 5.13. The fourth-order valence-corrected chi connectivity index (χ4v) is 3.76. The molecule has 0 spiro atoms. The zero-order chi connectivity index (χ0) is 17.7. The molecular formula is C20H32O4. The van der Waals surface area contributed by atoms with E-state index in [0.29, 0.717) is 6.61 Å². The molecule has 0 aliphatic carbocycles. The van der Waals surface area contributed by atoms with E-state index >= 15 is 0 Å². The predicted octanol–water partition coefficient (Wildman–Crippen LogP) is 3.62. The van der Waals surface area contributed by atoms with Crippen LogP contribution in [0.4, 0.5) is 0 Å². The highest BCUT2D eigenvalue weighted by atomic mass is 16.7. The minimum Gasteiger partial charge on any atom is -0.393 e. The summed E-state index contributed by atoms with van der Waals surface area (Å²) in [6.07, 6.45) is -0.0184. The number of rotatable bonds is 7. The van der Waals surface area contributed by atoms with Gasteiger partial charge in [0.2, 0.25) is 0 Å². The van der Waals surface area contributed by atoms with Crippen molar-refractivity contribution < 1.29 is 19.3 Å². The highest BCUT2D eigenvalue weighted by Gasteiger charge is 2.45. The lowest BCUT2D eigenvalue weighted by Gasteiger charge is -2.46. The van der Waals surface area contributed by atoms with E-state index in [-0.39, 0.29) is 42.4 Å². The van der Waals surface area contributed by atoms with Crippen LogP contribution in [0.25, 0.3) is 0 Å². The van der Waals surface area contributed by atoms with Crippen LogP contribution in [0, 0.1) is 17.8 Å². The topological polar surface area (TPSA) is 47.9 Å². The van der Waals surface area contributed by atoms with Crippen LogP contribution in [0.5, 0.6) is 0 Å². The summed E-state index contributed by atoms with van der Waals surface area (Å²) < 4.78 is 18.0. The Kier molecular flexibility index (Phi) is 7.23. The van der Waals surface area contributed by atoms with E-state index in [2.05, 4.69) is 26.0 Å². The summed E-state index contributed by atoms with van der Waals surface area (Å²) in [5.74, 6) is 0.361. The molecule has 1 aromatic rings. The first-order chi connectivity index (χ1) is 11.5. The van der Waals surface area contributed by atoms with Crippen molar-refractivity contribution in [3.63, 3.8) is 0 Å². The second-order valence-corrected chi connectivity index (χ2v) is 7.02. The van der Waals surface area contributed by atoms with Crippen LogP contribution in [-0.2, 0) is 20.8 Å². The molecule has 0 bridgehead atoms. The average Bonchev–Trinajstić information content (AvgIpc) is 2.61. The molecule has 1 saturated heterocycles. The van der Waals surface area contributed by atoms with E-state index in [0.717, 1.165) is 12.0 Å². The largest absolute Gasteiger partial charge is 0.393 e. The molecule has 2 rings (SSSR count). The standard InChI is InChI=1S/C20H32O4/c1-6-17(21)13(2)19-14(3)18(15(4)20(22-5)24-19)23-12-16-10-8-7-9-11-16/h7-11,13-15,17-21H,6,12H2,1-5H3/t13-,14-,15+,17+,18+,19-,20+/m1/s1. The van der Waals surface area contributed by atoms with Crippen molar-refractivity contribution in [2.75, 3.05) is 7.11 Å². The minimum absolute atomic E-state index is 0.0282. The summed E-state index contributed by atoms with van der Waals surface area (Å²) in [5.41, 5.74) is 1.16. The molecule has 136 valence electrons. The Hall–Kier alpha value is -0.940. The molecule has 24 heavy (non-hydrogen) atoms. The zero-order valence-electron chi connectivity index (χ0n) is 15.5. The average molecular weight is 336 g/mol. The van der Waals surface area contributed by atoms with Crippen molar-refractivity contribution in [3.8, 4) is 0 Å². The lowest BCUT2D eigenvalue weighted by atomic mass is 9.79. The Bertz CT molecular complexity index is 478. The fraction of sp³-hybridized carbons (Fsp3) is 0.700. The van der Waals surface area contributed by atoms with Gasteiger partial charge in [0.15, 0.2) is 6.29 Å². The lowest BCUT2D eigenvalue weighted by Crippen LogP contribution is -2.54. The molecule has 0 saturated carbocycles. The third-order valence-electron chi connectivity index (χ3n) is 5.34. The number of ether oxygens (including phenoxy) is 3. The molecule has 1 heterocycles. The molecule has 0 radical (unpaired) electrons. The molecule has 4 heteroatoms. The Morgan fingerprint density at radius 1 is 1.17 bits per heavy atom. The minimum atomic E-state index is -0.377. The second-order valence-electron chi connectivity index (χ2n) is 7.02. The Morgan fingerprint density at radius 3 is 2.42 bits per heavy atom. The van der Waals surface area contributed by atoms with Gasteiger partial charge in [-0.3, -0.25) is 0 Å². The molecule has 1 aliphatic rings. The Labute approximate surface area is 146 Å². The summed E-state index contributed by atoms with van der Waals surface area (Å²) >= 11 is 0. The maximum absolute atomic E-state index is 10.3. The molecule has 0 aromatic heterocycles. The van der Waals surface area contributed by atoms with Gasteiger partial charge in [-0.15, -0.1) is 0 Å². The third-order valence-corrected chi connectivity index (χ3v) is 5.34. The van der Waals surface area contributed by atoms with Crippen LogP contribution in [0.3, 0.4) is 0 Å². The van der Waals surface area contributed by atoms with Crippen LogP contribution in [-0.4, -0.2) is 36.8 Å². The third kappa shape index (κ3) is 4.37. The van der Waals surface area contributed by atoms with Gasteiger partial charge in [0.05, 0.1) is 24.9 Å². The summed E-state index contributed by atoms with van der Waals surface area (Å²) in [6, 6.07) is 10.2. The SMILES string of the molecule is CC[C@H](O)[C@@H](C)[C@H]1O[C@H](OC)[C@@H](C)[C@@H](OCc2ccccc2)[C@H]1C. The predicted molar refractivity (Wildman–Crippen MR) is 94.5 cm³/mol. The molecule has 1 aliphatic heterocycles. The summed E-state index contributed by atoms with van der Waals surface area (Å²) in [4.78, 5) is 0. The smallest absolute Gasteiger partial charge is 0.162 e. The van der Waals surface area contributed by atoms with Crippen LogP contribution in [0.1, 0.15) is 39.7 Å². The van der Waals surface area contributed by atoms with Crippen LogP contribution in [0.2, 0.25) is 0 Å². The van der Waals surface area contributed by atoms with E-state index in [1.807, 2.05) is 32.0 Å². The molecular weight excluding hydrogens is 304 g/mol. The van der Waals surface area contributed by atoms with Crippen molar-refractivity contribution in [1.29, 1.82) is 0 Å². The maximum atomic E-state index is 10.3. The molecule has 0 unspecified atom stereocenters. The van der Waals surface area contributed by atoms with Crippen molar-refractivity contribution in [1.82, 2.24) is 0 Å². The van der Waals surface area contributed by atoms with Crippen LogP contribution in [0.15, 0.2) is 30.3 Å². The highest BCUT2D eigenvalue weighted by Crippen LogP contribution is 2.37. The summed E-state index contributed by atoms with van der Waals surface area (Å²) in [7, 11) is 1.67. The number of hydrogen-bond donors (Lipinski definition) is 1. The number of benzene rings is 1. The lowest BCUT2D eigenvalue weighted by molar-refractivity contribution is -0.276. The first-order valence-corrected chi connectivity index (χ1v) is 9.01. The van der Waals surface area contributed by atoms with Crippen molar-refractivity contribution in [2.24, 2.45) is 17.8 Å². The van der Waals surface area contributed by atoms with Gasteiger partial charge >= 0.3 is 0 Å². The monoisotopic (exact) mass is 336 g/mol. The van der Waals surface area contributed by atoms with Gasteiger partial charge in [0.25, 0.3) is 0 Å². The normalized spacial score (nSPS) is 33.2. The summed E-state index contributed by atoms with van der Waals surface area (Å²) in [5, 5.41) is 10.3. The Morgan fingerprint density at radius 2 is 1.83 bits per heavy atom. The van der Waals surface area contributed by atoms with E-state index in [4.69, 9.17) is 14.2 Å². The van der Waals surface area contributed by atoms with Crippen LogP contribution < -0.4 is 0 Å². The second kappa shape index (κ2) is 8.95. The van der Waals surface area contributed by atoms with Crippen molar-refractivity contribution in [2.45, 2.75) is 65.3 Å². The van der Waals surface area contributed by atoms with Gasteiger partial charge in [-0.2, -0.15) is 0 Å². The van der Waals surface area contributed by atoms with E-state index < -0.39 is 0 Å². The molecule has 0 amide bonds. The Balaban J connectivity index is 2.11. The van der Waals surface area contributed by atoms with Gasteiger partial charge in [-0.05, 0) is 12.0 Å².